The number of nitrogens with zero attached hydrogens (tertiary/aromatic N) is 1. The normalized spacial score (nSPS) is 11.3. The lowest BCUT2D eigenvalue weighted by Gasteiger charge is -2.19. The Morgan fingerprint density at radius 3 is 2.27 bits per heavy atom. The third-order valence-corrected chi connectivity index (χ3v) is 4.04. The Bertz CT molecular complexity index is 756. The Morgan fingerprint density at radius 1 is 1.08 bits per heavy atom. The summed E-state index contributed by atoms with van der Waals surface area (Å²) >= 11 is 0. The highest BCUT2D eigenvalue weighted by Crippen LogP contribution is 2.32. The van der Waals surface area contributed by atoms with E-state index in [0.29, 0.717) is 17.4 Å². The lowest BCUT2D eigenvalue weighted by Crippen LogP contribution is -2.19. The Balaban J connectivity index is 2.03. The maximum Gasteiger partial charge on any atom is 0.265 e. The second-order valence-corrected chi connectivity index (χ2v) is 6.74. The molecule has 2 aromatic rings. The van der Waals surface area contributed by atoms with Gasteiger partial charge in [-0.25, -0.2) is 0 Å². The fourth-order valence-electron chi connectivity index (χ4n) is 2.66. The van der Waals surface area contributed by atoms with Crippen LogP contribution in [0.1, 0.15) is 56.2 Å². The average molecular weight is 354 g/mol. The van der Waals surface area contributed by atoms with Crippen LogP contribution in [-0.2, 0) is 9.63 Å². The molecule has 0 aromatic heterocycles. The largest absolute Gasteiger partial charge is 0.507 e. The van der Waals surface area contributed by atoms with Crippen LogP contribution in [-0.4, -0.2) is 23.8 Å². The van der Waals surface area contributed by atoms with E-state index in [1.54, 1.807) is 24.3 Å². The number of carbonyl (C=O) groups excluding carboxylic acids is 1. The van der Waals surface area contributed by atoms with E-state index in [1.165, 1.54) is 6.21 Å². The number of oxime groups is 1. The van der Waals surface area contributed by atoms with E-state index in [-0.39, 0.29) is 18.3 Å². The van der Waals surface area contributed by atoms with E-state index in [2.05, 4.69) is 38.2 Å². The number of amides is 1. The number of nitrogens with one attached hydrogen (secondary N) is 1. The minimum Gasteiger partial charge on any atom is -0.507 e. The molecule has 0 atom stereocenters. The summed E-state index contributed by atoms with van der Waals surface area (Å²) in [6.45, 7) is 8.20. The Hall–Kier alpha value is -2.82. The van der Waals surface area contributed by atoms with Crippen molar-refractivity contribution in [3.8, 4) is 5.75 Å². The number of phenols is 1. The van der Waals surface area contributed by atoms with Crippen LogP contribution < -0.4 is 5.32 Å². The zero-order valence-electron chi connectivity index (χ0n) is 15.7. The molecule has 0 spiro atoms. The lowest BCUT2D eigenvalue weighted by molar-refractivity contribution is -0.120. The van der Waals surface area contributed by atoms with Crippen molar-refractivity contribution in [3.63, 3.8) is 0 Å². The quantitative estimate of drug-likeness (QED) is 0.562. The number of hydrogen-bond acceptors (Lipinski definition) is 4. The molecule has 0 saturated carbocycles. The van der Waals surface area contributed by atoms with Crippen LogP contribution in [0.25, 0.3) is 0 Å². The molecule has 0 aliphatic rings. The first-order valence-electron chi connectivity index (χ1n) is 8.76. The highest BCUT2D eigenvalue weighted by Gasteiger charge is 2.16. The fourth-order valence-corrected chi connectivity index (χ4v) is 2.66. The van der Waals surface area contributed by atoms with Crippen molar-refractivity contribution in [2.45, 2.75) is 39.5 Å². The monoisotopic (exact) mass is 354 g/mol. The van der Waals surface area contributed by atoms with Crippen LogP contribution >= 0.6 is 0 Å². The summed E-state index contributed by atoms with van der Waals surface area (Å²) in [6.07, 6.45) is 1.38. The first kappa shape index (κ1) is 19.5. The molecule has 0 bridgehead atoms. The maximum atomic E-state index is 12.3. The standard InChI is InChI=1S/C21H26N2O3/c1-14(2)17-9-7-10-18(15(3)4)21(17)23-20(25)13-26-22-12-16-8-5-6-11-19(16)24/h5-12,14-15,24H,13H2,1-4H3,(H,23,25). The van der Waals surface area contributed by atoms with E-state index in [4.69, 9.17) is 4.84 Å². The third kappa shape index (κ3) is 5.09. The van der Waals surface area contributed by atoms with Crippen LogP contribution in [0.5, 0.6) is 5.75 Å². The molecule has 1 amide bonds. The molecule has 0 aliphatic carbocycles. The predicted molar refractivity (Wildman–Crippen MR) is 105 cm³/mol. The van der Waals surface area contributed by atoms with Gasteiger partial charge in [0.15, 0.2) is 6.61 Å². The van der Waals surface area contributed by atoms with Gasteiger partial charge in [-0.15, -0.1) is 0 Å². The van der Waals surface area contributed by atoms with Gasteiger partial charge in [-0.1, -0.05) is 63.2 Å². The Labute approximate surface area is 154 Å². The van der Waals surface area contributed by atoms with Crippen molar-refractivity contribution in [1.29, 1.82) is 0 Å². The minimum atomic E-state index is -0.269. The van der Waals surface area contributed by atoms with Gasteiger partial charge in [0.2, 0.25) is 0 Å². The fraction of sp³-hybridized carbons (Fsp3) is 0.333. The smallest absolute Gasteiger partial charge is 0.265 e. The number of hydrogen-bond donors (Lipinski definition) is 2. The van der Waals surface area contributed by atoms with Crippen molar-refractivity contribution in [1.82, 2.24) is 0 Å². The molecule has 0 saturated heterocycles. The van der Waals surface area contributed by atoms with Gasteiger partial charge in [0.1, 0.15) is 5.75 Å². The van der Waals surface area contributed by atoms with Gasteiger partial charge in [0.25, 0.3) is 5.91 Å². The van der Waals surface area contributed by atoms with Crippen molar-refractivity contribution in [3.05, 3.63) is 59.2 Å². The third-order valence-electron chi connectivity index (χ3n) is 4.04. The van der Waals surface area contributed by atoms with Crippen LogP contribution in [0.2, 0.25) is 0 Å². The summed E-state index contributed by atoms with van der Waals surface area (Å²) < 4.78 is 0. The number of carbonyl (C=O) groups is 1. The summed E-state index contributed by atoms with van der Waals surface area (Å²) in [7, 11) is 0. The Morgan fingerprint density at radius 2 is 1.69 bits per heavy atom. The number of anilines is 1. The minimum absolute atomic E-state index is 0.108. The zero-order chi connectivity index (χ0) is 19.1. The average Bonchev–Trinajstić information content (AvgIpc) is 2.59. The summed E-state index contributed by atoms with van der Waals surface area (Å²) in [6, 6.07) is 12.9. The summed E-state index contributed by atoms with van der Waals surface area (Å²) in [4.78, 5) is 17.4. The van der Waals surface area contributed by atoms with Gasteiger partial charge in [0, 0.05) is 11.3 Å². The molecule has 138 valence electrons. The van der Waals surface area contributed by atoms with Gasteiger partial charge in [0.05, 0.1) is 6.21 Å². The topological polar surface area (TPSA) is 70.9 Å². The molecule has 0 fully saturated rings. The summed E-state index contributed by atoms with van der Waals surface area (Å²) in [5.41, 5.74) is 3.58. The Kier molecular flexibility index (Phi) is 6.78. The first-order chi connectivity index (χ1) is 12.4. The molecule has 5 nitrogen and oxygen atoms in total. The number of para-hydroxylation sites is 2. The summed E-state index contributed by atoms with van der Waals surface area (Å²) in [5.74, 6) is 0.430. The first-order valence-corrected chi connectivity index (χ1v) is 8.76. The second kappa shape index (κ2) is 9.04. The molecule has 0 heterocycles. The highest BCUT2D eigenvalue weighted by atomic mass is 16.6. The highest BCUT2D eigenvalue weighted by molar-refractivity contribution is 5.93. The molecular formula is C21H26N2O3. The van der Waals surface area contributed by atoms with Gasteiger partial charge < -0.3 is 15.3 Å². The van der Waals surface area contributed by atoms with Crippen molar-refractivity contribution >= 4 is 17.8 Å². The van der Waals surface area contributed by atoms with Crippen molar-refractivity contribution < 1.29 is 14.7 Å². The molecule has 0 radical (unpaired) electrons. The van der Waals surface area contributed by atoms with E-state index >= 15 is 0 Å². The van der Waals surface area contributed by atoms with E-state index in [9.17, 15) is 9.90 Å². The molecule has 2 aromatic carbocycles. The van der Waals surface area contributed by atoms with Gasteiger partial charge >= 0.3 is 0 Å². The number of rotatable bonds is 7. The van der Waals surface area contributed by atoms with Crippen LogP contribution in [0.3, 0.4) is 0 Å². The molecular weight excluding hydrogens is 328 g/mol. The van der Waals surface area contributed by atoms with Gasteiger partial charge in [-0.3, -0.25) is 4.79 Å². The molecule has 2 rings (SSSR count). The molecule has 2 N–H and O–H groups in total. The van der Waals surface area contributed by atoms with Crippen LogP contribution in [0, 0.1) is 0 Å². The SMILES string of the molecule is CC(C)c1cccc(C(C)C)c1NC(=O)CON=Cc1ccccc1O. The van der Waals surface area contributed by atoms with Crippen molar-refractivity contribution in [2.24, 2.45) is 5.16 Å². The van der Waals surface area contributed by atoms with E-state index < -0.39 is 0 Å². The predicted octanol–water partition coefficient (Wildman–Crippen LogP) is 4.63. The number of phenolic OH excluding ortho intramolecular Hbond substituents is 1. The number of aromatic hydroxyl groups is 1. The number of benzene rings is 2. The van der Waals surface area contributed by atoms with Crippen LogP contribution in [0.15, 0.2) is 47.6 Å². The summed E-state index contributed by atoms with van der Waals surface area (Å²) in [5, 5.41) is 16.4. The van der Waals surface area contributed by atoms with E-state index in [0.717, 1.165) is 16.8 Å². The maximum absolute atomic E-state index is 12.3. The van der Waals surface area contributed by atoms with E-state index in [1.807, 2.05) is 18.2 Å². The lowest BCUT2D eigenvalue weighted by atomic mass is 9.92. The molecule has 0 aliphatic heterocycles. The van der Waals surface area contributed by atoms with Gasteiger partial charge in [-0.2, -0.15) is 0 Å². The van der Waals surface area contributed by atoms with Crippen LogP contribution in [0.4, 0.5) is 5.69 Å². The molecule has 26 heavy (non-hydrogen) atoms. The van der Waals surface area contributed by atoms with Gasteiger partial charge in [-0.05, 0) is 35.1 Å². The zero-order valence-corrected chi connectivity index (χ0v) is 15.7. The molecule has 0 unspecified atom stereocenters. The second-order valence-electron chi connectivity index (χ2n) is 6.74. The molecule has 5 heteroatoms. The van der Waals surface area contributed by atoms with Crippen molar-refractivity contribution in [2.75, 3.05) is 11.9 Å².